The van der Waals surface area contributed by atoms with Crippen LogP contribution in [0.15, 0.2) is 94.8 Å². The van der Waals surface area contributed by atoms with Crippen molar-refractivity contribution in [2.45, 2.75) is 26.8 Å². The van der Waals surface area contributed by atoms with Crippen LogP contribution in [0.25, 0.3) is 5.57 Å². The highest BCUT2D eigenvalue weighted by Gasteiger charge is 2.34. The summed E-state index contributed by atoms with van der Waals surface area (Å²) in [7, 11) is 2.04. The number of amidine groups is 1. The van der Waals surface area contributed by atoms with Crippen LogP contribution >= 0.6 is 0 Å². The van der Waals surface area contributed by atoms with Crippen molar-refractivity contribution >= 4 is 22.8 Å². The molecule has 3 aromatic rings. The highest BCUT2D eigenvalue weighted by molar-refractivity contribution is 5.83. The van der Waals surface area contributed by atoms with E-state index in [9.17, 15) is 0 Å². The molecule has 0 aromatic heterocycles. The van der Waals surface area contributed by atoms with Gasteiger partial charge in [0, 0.05) is 26.1 Å². The minimum Gasteiger partial charge on any atom is -0.457 e. The largest absolute Gasteiger partial charge is 0.457 e. The molecule has 0 bridgehead atoms. The molecule has 1 atom stereocenters. The van der Waals surface area contributed by atoms with Gasteiger partial charge in [-0.05, 0) is 42.7 Å². The zero-order chi connectivity index (χ0) is 22.9. The van der Waals surface area contributed by atoms with E-state index in [-0.39, 0.29) is 6.04 Å². The number of hydrazone groups is 1. The third-order valence-electron chi connectivity index (χ3n) is 6.11. The van der Waals surface area contributed by atoms with E-state index in [0.717, 1.165) is 41.1 Å². The number of nitrogens with zero attached hydrogens (tertiary/aromatic N) is 5. The molecule has 166 valence electrons. The Bertz CT molecular complexity index is 1280. The van der Waals surface area contributed by atoms with E-state index in [1.165, 1.54) is 11.1 Å². The molecule has 6 nitrogen and oxygen atoms in total. The monoisotopic (exact) mass is 438 g/mol. The van der Waals surface area contributed by atoms with E-state index in [4.69, 9.17) is 9.85 Å². The van der Waals surface area contributed by atoms with Gasteiger partial charge in [0.05, 0.1) is 17.3 Å². The number of anilines is 1. The Balaban J connectivity index is 1.36. The summed E-state index contributed by atoms with van der Waals surface area (Å²) in [5, 5.41) is 11.4. The molecule has 2 heterocycles. The average Bonchev–Trinajstić information content (AvgIpc) is 3.32. The van der Waals surface area contributed by atoms with E-state index >= 15 is 0 Å². The maximum atomic E-state index is 6.24. The summed E-state index contributed by atoms with van der Waals surface area (Å²) in [5.74, 6) is 2.55. The van der Waals surface area contributed by atoms with Crippen LogP contribution in [-0.2, 0) is 0 Å². The second-order valence-electron chi connectivity index (χ2n) is 8.47. The molecule has 0 spiro atoms. The number of azo groups is 2. The zero-order valence-corrected chi connectivity index (χ0v) is 19.4. The van der Waals surface area contributed by atoms with E-state index in [1.54, 1.807) is 0 Å². The van der Waals surface area contributed by atoms with Crippen LogP contribution in [-0.4, -0.2) is 35.2 Å². The number of benzene rings is 3. The number of hydrogen-bond donors (Lipinski definition) is 0. The molecule has 6 heteroatoms. The summed E-state index contributed by atoms with van der Waals surface area (Å²) < 4.78 is 8.30. The molecule has 2 aliphatic heterocycles. The molecule has 0 saturated carbocycles. The van der Waals surface area contributed by atoms with E-state index in [0.29, 0.717) is 0 Å². The first-order valence-electron chi connectivity index (χ1n) is 11.2. The van der Waals surface area contributed by atoms with Gasteiger partial charge in [-0.1, -0.05) is 47.2 Å². The lowest BCUT2D eigenvalue weighted by atomic mass is 9.98. The third kappa shape index (κ3) is 4.12. The van der Waals surface area contributed by atoms with Crippen molar-refractivity contribution in [3.8, 4) is 11.5 Å². The second kappa shape index (κ2) is 8.54. The van der Waals surface area contributed by atoms with Crippen molar-refractivity contribution in [1.29, 1.82) is 0 Å². The SMILES string of the molecule is CC1=NN(c2cccc(Oc3cccc([N+]4=NC(C)=C(c5ccccc5)C4C)c3)c2)CN1C. The van der Waals surface area contributed by atoms with Gasteiger partial charge in [0.1, 0.15) is 29.7 Å². The quantitative estimate of drug-likeness (QED) is 0.430. The van der Waals surface area contributed by atoms with Gasteiger partial charge < -0.3 is 9.64 Å². The van der Waals surface area contributed by atoms with Crippen molar-refractivity contribution in [1.82, 2.24) is 4.90 Å². The lowest BCUT2D eigenvalue weighted by Gasteiger charge is -2.17. The third-order valence-corrected chi connectivity index (χ3v) is 6.11. The van der Waals surface area contributed by atoms with Gasteiger partial charge in [0.15, 0.2) is 0 Å². The zero-order valence-electron chi connectivity index (χ0n) is 19.4. The molecule has 2 aliphatic rings. The fourth-order valence-corrected chi connectivity index (χ4v) is 4.33. The van der Waals surface area contributed by atoms with E-state index in [2.05, 4.69) is 58.9 Å². The molecule has 5 rings (SSSR count). The normalized spacial score (nSPS) is 18.0. The molecule has 0 amide bonds. The first-order valence-corrected chi connectivity index (χ1v) is 11.2. The molecule has 0 aliphatic carbocycles. The molecular weight excluding hydrogens is 410 g/mol. The van der Waals surface area contributed by atoms with Crippen molar-refractivity contribution in [2.75, 3.05) is 18.7 Å². The molecule has 0 radical (unpaired) electrons. The van der Waals surface area contributed by atoms with Crippen LogP contribution in [0.2, 0.25) is 0 Å². The summed E-state index contributed by atoms with van der Waals surface area (Å²) >= 11 is 0. The second-order valence-corrected chi connectivity index (χ2v) is 8.47. The van der Waals surface area contributed by atoms with Gasteiger partial charge in [-0.2, -0.15) is 5.10 Å². The average molecular weight is 439 g/mol. The Morgan fingerprint density at radius 2 is 1.64 bits per heavy atom. The predicted molar refractivity (Wildman–Crippen MR) is 132 cm³/mol. The van der Waals surface area contributed by atoms with Gasteiger partial charge in [-0.3, -0.25) is 0 Å². The van der Waals surface area contributed by atoms with Crippen molar-refractivity contribution < 1.29 is 9.43 Å². The fourth-order valence-electron chi connectivity index (χ4n) is 4.33. The number of rotatable bonds is 5. The maximum absolute atomic E-state index is 6.24. The fraction of sp³-hybridized carbons (Fsp3) is 0.222. The summed E-state index contributed by atoms with van der Waals surface area (Å²) in [6, 6.07) is 26.7. The Hall–Kier alpha value is -3.93. The molecule has 0 fully saturated rings. The Morgan fingerprint density at radius 1 is 0.909 bits per heavy atom. The number of hydrogen-bond acceptors (Lipinski definition) is 5. The lowest BCUT2D eigenvalue weighted by molar-refractivity contribution is -0.524. The van der Waals surface area contributed by atoms with Crippen molar-refractivity contribution in [3.05, 3.63) is 90.1 Å². The van der Waals surface area contributed by atoms with Gasteiger partial charge >= 0.3 is 0 Å². The molecule has 33 heavy (non-hydrogen) atoms. The Kier molecular flexibility index (Phi) is 5.42. The minimum atomic E-state index is 0.138. The van der Waals surface area contributed by atoms with E-state index < -0.39 is 0 Å². The lowest BCUT2D eigenvalue weighted by Crippen LogP contribution is -2.25. The van der Waals surface area contributed by atoms with Gasteiger partial charge in [-0.25, -0.2) is 5.01 Å². The number of allylic oxidation sites excluding steroid dienone is 1. The highest BCUT2D eigenvalue weighted by Crippen LogP contribution is 2.36. The first-order chi connectivity index (χ1) is 16.0. The van der Waals surface area contributed by atoms with Crippen molar-refractivity contribution in [3.63, 3.8) is 0 Å². The highest BCUT2D eigenvalue weighted by atomic mass is 16.5. The molecule has 1 unspecified atom stereocenters. The minimum absolute atomic E-state index is 0.138. The number of ether oxygens (including phenoxy) is 1. The molecule has 0 N–H and O–H groups in total. The van der Waals surface area contributed by atoms with Gasteiger partial charge in [0.2, 0.25) is 11.7 Å². The van der Waals surface area contributed by atoms with Crippen LogP contribution in [0, 0.1) is 0 Å². The predicted octanol–water partition coefficient (Wildman–Crippen LogP) is 6.45. The molecular formula is C27H28N5O+. The van der Waals surface area contributed by atoms with E-state index in [1.807, 2.05) is 67.5 Å². The van der Waals surface area contributed by atoms with Crippen LogP contribution < -0.4 is 9.75 Å². The van der Waals surface area contributed by atoms with Crippen LogP contribution in [0.1, 0.15) is 26.3 Å². The van der Waals surface area contributed by atoms with Crippen LogP contribution in [0.4, 0.5) is 11.4 Å². The molecule has 0 saturated heterocycles. The van der Waals surface area contributed by atoms with Crippen LogP contribution in [0.3, 0.4) is 0 Å². The topological polar surface area (TPSA) is 43.4 Å². The summed E-state index contributed by atoms with van der Waals surface area (Å²) in [6.45, 7) is 7.00. The van der Waals surface area contributed by atoms with Crippen molar-refractivity contribution in [2.24, 2.45) is 10.2 Å². The van der Waals surface area contributed by atoms with Gasteiger partial charge in [-0.15, -0.1) is 0 Å². The molecule has 3 aromatic carbocycles. The van der Waals surface area contributed by atoms with Crippen LogP contribution in [0.5, 0.6) is 11.5 Å². The summed E-state index contributed by atoms with van der Waals surface area (Å²) in [4.78, 5) is 2.11. The smallest absolute Gasteiger partial charge is 0.236 e. The first kappa shape index (κ1) is 20.9. The Morgan fingerprint density at radius 3 is 2.36 bits per heavy atom. The standard InChI is InChI=1S/C27H28N5O/c1-19-27(22-10-6-5-7-11-22)20(2)32(28-19)24-13-9-15-26(17-24)33-25-14-8-12-23(16-25)31-18-30(4)21(3)29-31/h5-17,20H,18H2,1-4H3/q+1. The Labute approximate surface area is 194 Å². The maximum Gasteiger partial charge on any atom is 0.236 e. The van der Waals surface area contributed by atoms with Gasteiger partial charge in [0.25, 0.3) is 0 Å². The summed E-state index contributed by atoms with van der Waals surface area (Å²) in [5.41, 5.74) is 5.51. The summed E-state index contributed by atoms with van der Waals surface area (Å²) in [6.07, 6.45) is 0.